The van der Waals surface area contributed by atoms with Gasteiger partial charge in [-0.3, -0.25) is 0 Å². The summed E-state index contributed by atoms with van der Waals surface area (Å²) in [6, 6.07) is 9.14. The molecule has 2 amide bonds. The van der Waals surface area contributed by atoms with Crippen molar-refractivity contribution in [2.75, 3.05) is 57.7 Å². The Labute approximate surface area is 176 Å². The van der Waals surface area contributed by atoms with Crippen LogP contribution < -0.4 is 24.4 Å². The van der Waals surface area contributed by atoms with Gasteiger partial charge in [-0.1, -0.05) is 17.7 Å². The Kier molecular flexibility index (Phi) is 6.59. The zero-order valence-electron chi connectivity index (χ0n) is 17.1. The molecule has 0 saturated carbocycles. The molecule has 8 heteroatoms. The fourth-order valence-electron chi connectivity index (χ4n) is 3.43. The van der Waals surface area contributed by atoms with Crippen LogP contribution in [-0.4, -0.2) is 58.4 Å². The standard InChI is InChI=1S/C21H26ClN3O4/c1-14-5-6-15(22)11-17(14)24-7-9-25(10-8-24)21(26)23-16-12-18(27-2)20(29-4)19(13-16)28-3/h5-6,11-13H,7-10H2,1-4H3,(H,23,26). The van der Waals surface area contributed by atoms with Crippen molar-refractivity contribution in [3.63, 3.8) is 0 Å². The molecule has 1 aliphatic heterocycles. The maximum atomic E-state index is 12.7. The third-order valence-electron chi connectivity index (χ3n) is 4.99. The fraction of sp³-hybridized carbons (Fsp3) is 0.381. The molecule has 0 bridgehead atoms. The molecule has 3 rings (SSSR count). The van der Waals surface area contributed by atoms with Crippen LogP contribution in [-0.2, 0) is 0 Å². The summed E-state index contributed by atoms with van der Waals surface area (Å²) in [7, 11) is 4.62. The first kappa shape index (κ1) is 20.9. The van der Waals surface area contributed by atoms with Gasteiger partial charge in [-0.25, -0.2) is 4.79 Å². The average molecular weight is 420 g/mol. The number of benzene rings is 2. The van der Waals surface area contributed by atoms with Crippen LogP contribution in [0.5, 0.6) is 17.2 Å². The minimum absolute atomic E-state index is 0.165. The first-order valence-corrected chi connectivity index (χ1v) is 9.71. The van der Waals surface area contributed by atoms with Crippen LogP contribution in [0.25, 0.3) is 0 Å². The minimum Gasteiger partial charge on any atom is -0.493 e. The molecular weight excluding hydrogens is 394 g/mol. The Morgan fingerprint density at radius 1 is 0.966 bits per heavy atom. The van der Waals surface area contributed by atoms with E-state index in [-0.39, 0.29) is 6.03 Å². The lowest BCUT2D eigenvalue weighted by atomic mass is 10.1. The van der Waals surface area contributed by atoms with Crippen molar-refractivity contribution in [3.05, 3.63) is 40.9 Å². The molecule has 1 N–H and O–H groups in total. The largest absolute Gasteiger partial charge is 0.493 e. The number of amides is 2. The van der Waals surface area contributed by atoms with Gasteiger partial charge in [0.15, 0.2) is 11.5 Å². The highest BCUT2D eigenvalue weighted by Gasteiger charge is 2.23. The molecule has 0 atom stereocenters. The molecule has 2 aromatic rings. The summed E-state index contributed by atoms with van der Waals surface area (Å²) in [4.78, 5) is 16.8. The normalized spacial score (nSPS) is 13.8. The van der Waals surface area contributed by atoms with Gasteiger partial charge in [-0.05, 0) is 24.6 Å². The first-order chi connectivity index (χ1) is 14.0. The van der Waals surface area contributed by atoms with Crippen LogP contribution in [0.15, 0.2) is 30.3 Å². The molecule has 0 aliphatic carbocycles. The predicted molar refractivity (Wildman–Crippen MR) is 115 cm³/mol. The number of hydrogen-bond donors (Lipinski definition) is 1. The number of nitrogens with zero attached hydrogens (tertiary/aromatic N) is 2. The lowest BCUT2D eigenvalue weighted by molar-refractivity contribution is 0.208. The third kappa shape index (κ3) is 4.62. The molecule has 0 radical (unpaired) electrons. The van der Waals surface area contributed by atoms with E-state index in [1.807, 2.05) is 18.2 Å². The van der Waals surface area contributed by atoms with E-state index >= 15 is 0 Å². The van der Waals surface area contributed by atoms with Gasteiger partial charge in [0.1, 0.15) is 0 Å². The number of piperazine rings is 1. The smallest absolute Gasteiger partial charge is 0.321 e. The lowest BCUT2D eigenvalue weighted by Crippen LogP contribution is -2.50. The van der Waals surface area contributed by atoms with E-state index in [2.05, 4.69) is 17.1 Å². The lowest BCUT2D eigenvalue weighted by Gasteiger charge is -2.36. The van der Waals surface area contributed by atoms with Gasteiger partial charge in [0.25, 0.3) is 0 Å². The average Bonchev–Trinajstić information content (AvgIpc) is 2.74. The molecule has 2 aromatic carbocycles. The highest BCUT2D eigenvalue weighted by Crippen LogP contribution is 2.40. The molecular formula is C21H26ClN3O4. The molecule has 7 nitrogen and oxygen atoms in total. The van der Waals surface area contributed by atoms with Crippen molar-refractivity contribution in [1.82, 2.24) is 4.90 Å². The van der Waals surface area contributed by atoms with Gasteiger partial charge in [0, 0.05) is 49.0 Å². The van der Waals surface area contributed by atoms with Crippen LogP contribution >= 0.6 is 11.6 Å². The number of urea groups is 1. The summed E-state index contributed by atoms with van der Waals surface area (Å²) in [5, 5.41) is 3.64. The third-order valence-corrected chi connectivity index (χ3v) is 5.23. The minimum atomic E-state index is -0.165. The van der Waals surface area contributed by atoms with Crippen LogP contribution in [0.2, 0.25) is 5.02 Å². The maximum absolute atomic E-state index is 12.7. The van der Waals surface area contributed by atoms with E-state index in [9.17, 15) is 4.79 Å². The molecule has 1 heterocycles. The van der Waals surface area contributed by atoms with Gasteiger partial charge in [-0.2, -0.15) is 0 Å². The fourth-order valence-corrected chi connectivity index (χ4v) is 3.60. The summed E-state index contributed by atoms with van der Waals surface area (Å²) in [6.45, 7) is 4.77. The molecule has 156 valence electrons. The summed E-state index contributed by atoms with van der Waals surface area (Å²) in [6.07, 6.45) is 0. The number of carbonyl (C=O) groups is 1. The van der Waals surface area contributed by atoms with Crippen LogP contribution in [0.3, 0.4) is 0 Å². The Hall–Kier alpha value is -2.80. The van der Waals surface area contributed by atoms with Crippen molar-refractivity contribution >= 4 is 29.0 Å². The monoisotopic (exact) mass is 419 g/mol. The Balaban J connectivity index is 1.66. The van der Waals surface area contributed by atoms with E-state index in [1.54, 1.807) is 38.4 Å². The first-order valence-electron chi connectivity index (χ1n) is 9.34. The molecule has 0 aromatic heterocycles. The van der Waals surface area contributed by atoms with E-state index in [0.29, 0.717) is 41.0 Å². The number of halogens is 1. The topological polar surface area (TPSA) is 63.3 Å². The van der Waals surface area contributed by atoms with Crippen molar-refractivity contribution in [2.24, 2.45) is 0 Å². The van der Waals surface area contributed by atoms with Crippen LogP contribution in [0, 0.1) is 6.92 Å². The van der Waals surface area contributed by atoms with Gasteiger partial charge in [-0.15, -0.1) is 0 Å². The van der Waals surface area contributed by atoms with Crippen molar-refractivity contribution in [2.45, 2.75) is 6.92 Å². The van der Waals surface area contributed by atoms with Gasteiger partial charge < -0.3 is 29.3 Å². The van der Waals surface area contributed by atoms with Crippen molar-refractivity contribution in [1.29, 1.82) is 0 Å². The zero-order chi connectivity index (χ0) is 21.0. The second-order valence-electron chi connectivity index (χ2n) is 6.75. The summed E-state index contributed by atoms with van der Waals surface area (Å²) >= 11 is 6.15. The van der Waals surface area contributed by atoms with Gasteiger partial charge in [0.2, 0.25) is 5.75 Å². The van der Waals surface area contributed by atoms with Crippen LogP contribution in [0.1, 0.15) is 5.56 Å². The maximum Gasteiger partial charge on any atom is 0.321 e. The molecule has 1 fully saturated rings. The van der Waals surface area contributed by atoms with E-state index < -0.39 is 0 Å². The van der Waals surface area contributed by atoms with E-state index in [4.69, 9.17) is 25.8 Å². The van der Waals surface area contributed by atoms with Gasteiger partial charge in [0.05, 0.1) is 27.0 Å². The van der Waals surface area contributed by atoms with Gasteiger partial charge >= 0.3 is 6.03 Å². The molecule has 0 spiro atoms. The SMILES string of the molecule is COc1cc(NC(=O)N2CCN(c3cc(Cl)ccc3C)CC2)cc(OC)c1OC. The zero-order valence-corrected chi connectivity index (χ0v) is 17.9. The highest BCUT2D eigenvalue weighted by molar-refractivity contribution is 6.30. The number of methoxy groups -OCH3 is 3. The number of ether oxygens (including phenoxy) is 3. The predicted octanol–water partition coefficient (Wildman–Crippen LogP) is 4.03. The number of aryl methyl sites for hydroxylation is 1. The number of hydrogen-bond acceptors (Lipinski definition) is 5. The molecule has 0 unspecified atom stereocenters. The Morgan fingerprint density at radius 2 is 1.59 bits per heavy atom. The second kappa shape index (κ2) is 9.13. The summed E-state index contributed by atoms with van der Waals surface area (Å²) in [5.74, 6) is 1.46. The van der Waals surface area contributed by atoms with Crippen molar-refractivity contribution < 1.29 is 19.0 Å². The highest BCUT2D eigenvalue weighted by atomic mass is 35.5. The summed E-state index contributed by atoms with van der Waals surface area (Å²) < 4.78 is 16.0. The Bertz CT molecular complexity index is 857. The molecule has 1 saturated heterocycles. The molecule has 1 aliphatic rings. The molecule has 29 heavy (non-hydrogen) atoms. The number of anilines is 2. The quantitative estimate of drug-likeness (QED) is 0.792. The number of rotatable bonds is 5. The second-order valence-corrected chi connectivity index (χ2v) is 7.19. The number of carbonyl (C=O) groups excluding carboxylic acids is 1. The van der Waals surface area contributed by atoms with Crippen LogP contribution in [0.4, 0.5) is 16.2 Å². The van der Waals surface area contributed by atoms with E-state index in [0.717, 1.165) is 18.8 Å². The van der Waals surface area contributed by atoms with Crippen molar-refractivity contribution in [3.8, 4) is 17.2 Å². The Morgan fingerprint density at radius 3 is 2.14 bits per heavy atom. The number of nitrogens with one attached hydrogen (secondary N) is 1. The van der Waals surface area contributed by atoms with E-state index in [1.165, 1.54) is 5.56 Å². The summed E-state index contributed by atoms with van der Waals surface area (Å²) in [5.41, 5.74) is 2.87.